The van der Waals surface area contributed by atoms with Gasteiger partial charge in [0.05, 0.1) is 17.9 Å². The molecule has 4 aromatic rings. The second-order valence-electron chi connectivity index (χ2n) is 8.22. The molecule has 1 aliphatic heterocycles. The highest BCUT2D eigenvalue weighted by molar-refractivity contribution is 7.98. The maximum atomic E-state index is 9.87. The quantitative estimate of drug-likeness (QED) is 0.215. The molecular formula is C27H24ClN3O2S. The molecular weight excluding hydrogens is 466 g/mol. The van der Waals surface area contributed by atoms with Crippen molar-refractivity contribution < 1.29 is 9.84 Å². The van der Waals surface area contributed by atoms with E-state index >= 15 is 0 Å². The van der Waals surface area contributed by atoms with Crippen LogP contribution >= 0.6 is 23.4 Å². The third-order valence-corrected chi connectivity index (χ3v) is 7.31. The van der Waals surface area contributed by atoms with Crippen molar-refractivity contribution in [2.75, 3.05) is 0 Å². The van der Waals surface area contributed by atoms with Crippen LogP contribution < -0.4 is 4.74 Å². The van der Waals surface area contributed by atoms with Crippen molar-refractivity contribution in [3.63, 3.8) is 0 Å². The highest BCUT2D eigenvalue weighted by Crippen LogP contribution is 2.43. The number of aromatic nitrogens is 3. The Hall–Kier alpha value is -2.93. The van der Waals surface area contributed by atoms with Crippen LogP contribution in [0.1, 0.15) is 40.4 Å². The molecule has 34 heavy (non-hydrogen) atoms. The number of fused-ring (bicyclic) bond motifs is 2. The largest absolute Gasteiger partial charge is 0.436 e. The first-order chi connectivity index (χ1) is 16.6. The van der Waals surface area contributed by atoms with Crippen molar-refractivity contribution >= 4 is 23.4 Å². The Kier molecular flexibility index (Phi) is 6.55. The molecule has 0 spiro atoms. The van der Waals surface area contributed by atoms with Crippen LogP contribution in [0.5, 0.6) is 11.6 Å². The van der Waals surface area contributed by atoms with Crippen LogP contribution in [0.4, 0.5) is 0 Å². The smallest absolute Gasteiger partial charge is 0.227 e. The summed E-state index contributed by atoms with van der Waals surface area (Å²) in [5.74, 6) is 2.58. The topological polar surface area (TPSA) is 68.1 Å². The highest BCUT2D eigenvalue weighted by Gasteiger charge is 2.27. The molecule has 0 unspecified atom stereocenters. The lowest BCUT2D eigenvalue weighted by molar-refractivity contribution is 0.278. The number of aryl methyl sites for hydroxylation is 2. The summed E-state index contributed by atoms with van der Waals surface area (Å²) in [7, 11) is 0. The predicted octanol–water partition coefficient (Wildman–Crippen LogP) is 6.54. The van der Waals surface area contributed by atoms with Crippen LogP contribution in [0.25, 0.3) is 11.4 Å². The van der Waals surface area contributed by atoms with Crippen LogP contribution in [-0.2, 0) is 25.2 Å². The summed E-state index contributed by atoms with van der Waals surface area (Å²) in [6, 6.07) is 16.2. The lowest BCUT2D eigenvalue weighted by Crippen LogP contribution is -2.13. The third-order valence-electron chi connectivity index (χ3n) is 5.97. The van der Waals surface area contributed by atoms with Crippen molar-refractivity contribution in [2.45, 2.75) is 44.1 Å². The normalized spacial score (nSPS) is 12.1. The van der Waals surface area contributed by atoms with Crippen LogP contribution in [0.3, 0.4) is 0 Å². The van der Waals surface area contributed by atoms with Gasteiger partial charge in [0.25, 0.3) is 0 Å². The number of hydrogen-bond acceptors (Lipinski definition) is 6. The number of benzene rings is 2. The number of aliphatic hydroxyl groups excluding tert-OH is 1. The number of nitrogens with zero attached hydrogens (tertiary/aromatic N) is 3. The molecule has 0 radical (unpaired) electrons. The van der Waals surface area contributed by atoms with E-state index < -0.39 is 0 Å². The van der Waals surface area contributed by atoms with E-state index in [0.29, 0.717) is 28.9 Å². The van der Waals surface area contributed by atoms with Crippen LogP contribution in [0.15, 0.2) is 59.8 Å². The van der Waals surface area contributed by atoms with Crippen LogP contribution in [-0.4, -0.2) is 20.1 Å². The van der Waals surface area contributed by atoms with Crippen LogP contribution in [0.2, 0.25) is 5.02 Å². The lowest BCUT2D eigenvalue weighted by Gasteiger charge is -2.24. The molecule has 5 rings (SSSR count). The molecule has 0 bridgehead atoms. The zero-order chi connectivity index (χ0) is 23.7. The van der Waals surface area contributed by atoms with Gasteiger partial charge in [0.2, 0.25) is 5.88 Å². The number of pyridine rings is 1. The number of hydrogen-bond donors (Lipinski definition) is 1. The predicted molar refractivity (Wildman–Crippen MR) is 136 cm³/mol. The molecule has 0 aliphatic carbocycles. The summed E-state index contributed by atoms with van der Waals surface area (Å²) < 4.78 is 6.30. The summed E-state index contributed by atoms with van der Waals surface area (Å²) in [6.07, 6.45) is 3.32. The Balaban J connectivity index is 1.56. The van der Waals surface area contributed by atoms with Crippen molar-refractivity contribution in [3.05, 3.63) is 93.3 Å². The first kappa shape index (κ1) is 22.8. The molecule has 3 heterocycles. The Bertz CT molecular complexity index is 1340. The Morgan fingerprint density at radius 2 is 1.74 bits per heavy atom. The minimum atomic E-state index is -0.0930. The lowest BCUT2D eigenvalue weighted by atomic mass is 9.99. The molecule has 0 atom stereocenters. The average molecular weight is 490 g/mol. The molecule has 0 saturated heterocycles. The number of halogens is 1. The van der Waals surface area contributed by atoms with E-state index in [1.165, 1.54) is 11.1 Å². The van der Waals surface area contributed by atoms with Crippen LogP contribution in [0, 0.1) is 6.92 Å². The van der Waals surface area contributed by atoms with Crippen molar-refractivity contribution in [1.29, 1.82) is 0 Å². The van der Waals surface area contributed by atoms with Gasteiger partial charge in [-0.1, -0.05) is 42.8 Å². The van der Waals surface area contributed by atoms with Crippen molar-refractivity contribution in [3.8, 4) is 23.0 Å². The van der Waals surface area contributed by atoms with Gasteiger partial charge < -0.3 is 9.84 Å². The fourth-order valence-electron chi connectivity index (χ4n) is 3.96. The number of aliphatic hydroxyl groups is 1. The second kappa shape index (κ2) is 9.74. The number of rotatable bonds is 6. The van der Waals surface area contributed by atoms with Crippen molar-refractivity contribution in [1.82, 2.24) is 15.0 Å². The zero-order valence-corrected chi connectivity index (χ0v) is 20.6. The number of thioether (sulfide) groups is 1. The second-order valence-corrected chi connectivity index (χ2v) is 9.62. The van der Waals surface area contributed by atoms with Gasteiger partial charge in [0, 0.05) is 40.1 Å². The van der Waals surface area contributed by atoms with E-state index in [4.69, 9.17) is 26.3 Å². The molecule has 172 valence electrons. The zero-order valence-electron chi connectivity index (χ0n) is 19.0. The molecule has 1 N–H and O–H groups in total. The van der Waals surface area contributed by atoms with E-state index in [0.717, 1.165) is 45.1 Å². The van der Waals surface area contributed by atoms with E-state index in [9.17, 15) is 5.11 Å². The van der Waals surface area contributed by atoms with E-state index in [1.54, 1.807) is 18.0 Å². The molecule has 0 amide bonds. The van der Waals surface area contributed by atoms with Gasteiger partial charge in [0.15, 0.2) is 11.6 Å². The van der Waals surface area contributed by atoms with E-state index in [1.807, 2.05) is 31.2 Å². The van der Waals surface area contributed by atoms with Gasteiger partial charge in [-0.05, 0) is 48.7 Å². The minimum Gasteiger partial charge on any atom is -0.436 e. The molecule has 1 aliphatic rings. The van der Waals surface area contributed by atoms with Gasteiger partial charge in [-0.3, -0.25) is 4.98 Å². The van der Waals surface area contributed by atoms with Gasteiger partial charge in [-0.25, -0.2) is 4.98 Å². The minimum absolute atomic E-state index is 0.0930. The SMILES string of the molecule is CCc1ccc(CSc2nc(-c3ccc(Cl)cc3)nc3c2Cc2c(CO)cnc(C)c2O3)cc1. The first-order valence-corrected chi connectivity index (χ1v) is 12.6. The average Bonchev–Trinajstić information content (AvgIpc) is 2.87. The molecule has 5 nitrogen and oxygen atoms in total. The molecule has 2 aromatic heterocycles. The first-order valence-electron chi connectivity index (χ1n) is 11.2. The highest BCUT2D eigenvalue weighted by atomic mass is 35.5. The third kappa shape index (κ3) is 4.53. The summed E-state index contributed by atoms with van der Waals surface area (Å²) in [5, 5.41) is 11.4. The summed E-state index contributed by atoms with van der Waals surface area (Å²) >= 11 is 7.76. The van der Waals surface area contributed by atoms with Gasteiger partial charge in [-0.15, -0.1) is 11.8 Å². The fourth-order valence-corrected chi connectivity index (χ4v) is 5.07. The number of ether oxygens (including phenoxy) is 1. The molecule has 2 aromatic carbocycles. The maximum Gasteiger partial charge on any atom is 0.227 e. The summed E-state index contributed by atoms with van der Waals surface area (Å²) in [5.41, 5.74) is 6.84. The van der Waals surface area contributed by atoms with E-state index in [-0.39, 0.29) is 6.61 Å². The Morgan fingerprint density at radius 3 is 2.44 bits per heavy atom. The van der Waals surface area contributed by atoms with Gasteiger partial charge in [0.1, 0.15) is 5.03 Å². The molecule has 7 heteroatoms. The van der Waals surface area contributed by atoms with Gasteiger partial charge >= 0.3 is 0 Å². The molecule has 0 fully saturated rings. The monoisotopic (exact) mass is 489 g/mol. The Labute approximate surface area is 208 Å². The van der Waals surface area contributed by atoms with E-state index in [2.05, 4.69) is 36.2 Å². The maximum absolute atomic E-state index is 9.87. The van der Waals surface area contributed by atoms with Crippen molar-refractivity contribution in [2.24, 2.45) is 0 Å². The summed E-state index contributed by atoms with van der Waals surface area (Å²) in [6.45, 7) is 3.97. The fraction of sp³-hybridized carbons (Fsp3) is 0.222. The van der Waals surface area contributed by atoms with Gasteiger partial charge in [-0.2, -0.15) is 4.98 Å². The molecule has 0 saturated carbocycles. The Morgan fingerprint density at radius 1 is 1.00 bits per heavy atom. The summed E-state index contributed by atoms with van der Waals surface area (Å²) in [4.78, 5) is 14.1. The standard InChI is InChI=1S/C27H24ClN3O2S/c1-3-17-4-6-18(7-5-17)15-34-27-23-12-22-20(14-32)13-29-16(2)24(22)33-26(23)30-25(31-27)19-8-10-21(28)11-9-19/h4-11,13,32H,3,12,14-15H2,1-2H3.